The molecule has 5 heteroatoms. The molecule has 0 N–H and O–H groups in total. The molecule has 5 nitrogen and oxygen atoms in total. The maximum atomic E-state index is 5.69. The van der Waals surface area contributed by atoms with Crippen LogP contribution in [0.3, 0.4) is 0 Å². The molecule has 0 radical (unpaired) electrons. The number of nitrogens with zero attached hydrogens (tertiary/aromatic N) is 3. The molecule has 0 atom stereocenters. The number of hydrogen-bond donors (Lipinski definition) is 0. The van der Waals surface area contributed by atoms with Gasteiger partial charge in [0.15, 0.2) is 0 Å². The summed E-state index contributed by atoms with van der Waals surface area (Å²) in [6.45, 7) is 9.89. The van der Waals surface area contributed by atoms with Gasteiger partial charge < -0.3 is 14.4 Å². The molecule has 1 aromatic carbocycles. The van der Waals surface area contributed by atoms with Crippen molar-refractivity contribution in [1.29, 1.82) is 0 Å². The molecule has 0 aliphatic carbocycles. The summed E-state index contributed by atoms with van der Waals surface area (Å²) in [6, 6.07) is 7.98. The zero-order valence-electron chi connectivity index (χ0n) is 17.6. The fourth-order valence-corrected chi connectivity index (χ4v) is 3.74. The Balaban J connectivity index is 2.02. The highest BCUT2D eigenvalue weighted by Crippen LogP contribution is 2.42. The molecule has 0 unspecified atom stereocenters. The Bertz CT molecular complexity index is 899. The van der Waals surface area contributed by atoms with Crippen LogP contribution in [0.25, 0.3) is 5.57 Å². The molecular weight excluding hydrogens is 350 g/mol. The van der Waals surface area contributed by atoms with E-state index < -0.39 is 0 Å². The predicted molar refractivity (Wildman–Crippen MR) is 116 cm³/mol. The maximum Gasteiger partial charge on any atom is 0.213 e. The highest BCUT2D eigenvalue weighted by atomic mass is 16.5. The fraction of sp³-hybridized carbons (Fsp3) is 0.391. The molecule has 2 heterocycles. The van der Waals surface area contributed by atoms with Crippen LogP contribution >= 0.6 is 0 Å². The molecule has 1 aliphatic heterocycles. The van der Waals surface area contributed by atoms with Gasteiger partial charge in [-0.3, -0.25) is 4.99 Å². The molecule has 0 saturated carbocycles. The summed E-state index contributed by atoms with van der Waals surface area (Å²) in [4.78, 5) is 11.2. The van der Waals surface area contributed by atoms with Crippen LogP contribution in [-0.2, 0) is 0 Å². The van der Waals surface area contributed by atoms with Crippen molar-refractivity contribution in [1.82, 2.24) is 4.98 Å². The second-order valence-corrected chi connectivity index (χ2v) is 7.56. The standard InChI is InChI=1S/C23H29N3O2/c1-7-10-26-20-12-21(27-5)17(11-19(20)16(2)13-23(26,3)4)14-24-18-8-9-22(28-6)25-15-18/h8-9,11-15H,7,10H2,1-6H3. The molecule has 1 aliphatic rings. The van der Waals surface area contributed by atoms with Crippen LogP contribution in [-0.4, -0.2) is 37.5 Å². The Kier molecular flexibility index (Phi) is 5.73. The summed E-state index contributed by atoms with van der Waals surface area (Å²) in [6.07, 6.45) is 6.95. The molecule has 28 heavy (non-hydrogen) atoms. The number of allylic oxidation sites excluding steroid dienone is 1. The first kappa shape index (κ1) is 19.9. The van der Waals surface area contributed by atoms with Gasteiger partial charge in [0.2, 0.25) is 5.88 Å². The second-order valence-electron chi connectivity index (χ2n) is 7.56. The molecule has 0 spiro atoms. The number of aliphatic imine (C=N–C) groups is 1. The van der Waals surface area contributed by atoms with Crippen LogP contribution in [0.4, 0.5) is 11.4 Å². The van der Waals surface area contributed by atoms with E-state index in [9.17, 15) is 0 Å². The normalized spacial score (nSPS) is 15.4. The lowest BCUT2D eigenvalue weighted by Crippen LogP contribution is -2.45. The van der Waals surface area contributed by atoms with Gasteiger partial charge >= 0.3 is 0 Å². The number of aromatic nitrogens is 1. The Morgan fingerprint density at radius 3 is 2.57 bits per heavy atom. The van der Waals surface area contributed by atoms with Crippen molar-refractivity contribution in [2.75, 3.05) is 25.7 Å². The Hall–Kier alpha value is -2.82. The van der Waals surface area contributed by atoms with Crippen LogP contribution in [0.15, 0.2) is 41.5 Å². The third kappa shape index (κ3) is 3.88. The molecule has 3 rings (SSSR count). The first-order chi connectivity index (χ1) is 13.4. The number of rotatable bonds is 6. The predicted octanol–water partition coefficient (Wildman–Crippen LogP) is 5.26. The molecule has 0 saturated heterocycles. The molecular formula is C23H29N3O2. The maximum absolute atomic E-state index is 5.69. The third-order valence-electron chi connectivity index (χ3n) is 5.06. The number of ether oxygens (including phenoxy) is 2. The van der Waals surface area contributed by atoms with E-state index in [1.807, 2.05) is 12.3 Å². The van der Waals surface area contributed by atoms with Crippen molar-refractivity contribution in [3.8, 4) is 11.6 Å². The molecule has 0 amide bonds. The number of benzene rings is 1. The van der Waals surface area contributed by atoms with E-state index in [0.717, 1.165) is 30.0 Å². The number of fused-ring (bicyclic) bond motifs is 1. The number of methoxy groups -OCH3 is 2. The van der Waals surface area contributed by atoms with Crippen LogP contribution < -0.4 is 14.4 Å². The number of hydrogen-bond acceptors (Lipinski definition) is 5. The van der Waals surface area contributed by atoms with Gasteiger partial charge in [-0.25, -0.2) is 4.98 Å². The van der Waals surface area contributed by atoms with Gasteiger partial charge in [-0.1, -0.05) is 13.0 Å². The Morgan fingerprint density at radius 1 is 1.18 bits per heavy atom. The van der Waals surface area contributed by atoms with E-state index in [1.165, 1.54) is 16.8 Å². The van der Waals surface area contributed by atoms with Crippen LogP contribution in [0.2, 0.25) is 0 Å². The highest BCUT2D eigenvalue weighted by Gasteiger charge is 2.31. The van der Waals surface area contributed by atoms with E-state index in [1.54, 1.807) is 26.5 Å². The van der Waals surface area contributed by atoms with Crippen molar-refractivity contribution in [3.05, 3.63) is 47.7 Å². The summed E-state index contributed by atoms with van der Waals surface area (Å²) in [5.41, 5.74) is 5.40. The lowest BCUT2D eigenvalue weighted by molar-refractivity contribution is 0.398. The quantitative estimate of drug-likeness (QED) is 0.642. The lowest BCUT2D eigenvalue weighted by atomic mass is 9.87. The summed E-state index contributed by atoms with van der Waals surface area (Å²) in [5.74, 6) is 1.39. The zero-order valence-corrected chi connectivity index (χ0v) is 17.6. The minimum atomic E-state index is -0.0253. The average Bonchev–Trinajstić information content (AvgIpc) is 2.69. The molecule has 0 fully saturated rings. The monoisotopic (exact) mass is 379 g/mol. The Morgan fingerprint density at radius 2 is 1.96 bits per heavy atom. The summed E-state index contributed by atoms with van der Waals surface area (Å²) in [7, 11) is 3.30. The molecule has 0 bridgehead atoms. The van der Waals surface area contributed by atoms with E-state index in [4.69, 9.17) is 9.47 Å². The highest BCUT2D eigenvalue weighted by molar-refractivity contribution is 5.92. The largest absolute Gasteiger partial charge is 0.496 e. The Labute approximate surface area is 167 Å². The summed E-state index contributed by atoms with van der Waals surface area (Å²) < 4.78 is 10.8. The number of anilines is 1. The zero-order chi connectivity index (χ0) is 20.3. The average molecular weight is 380 g/mol. The van der Waals surface area contributed by atoms with Gasteiger partial charge in [0.05, 0.1) is 31.6 Å². The van der Waals surface area contributed by atoms with Crippen molar-refractivity contribution in [3.63, 3.8) is 0 Å². The first-order valence-corrected chi connectivity index (χ1v) is 9.63. The SMILES string of the molecule is CCCN1c2cc(OC)c(C=Nc3ccc(OC)nc3)cc2C(C)=CC1(C)C. The van der Waals surface area contributed by atoms with E-state index in [2.05, 4.69) is 60.8 Å². The molecule has 1 aromatic heterocycles. The van der Waals surface area contributed by atoms with Crippen molar-refractivity contribution >= 4 is 23.2 Å². The van der Waals surface area contributed by atoms with Gasteiger partial charge in [-0.2, -0.15) is 0 Å². The first-order valence-electron chi connectivity index (χ1n) is 9.63. The van der Waals surface area contributed by atoms with Gasteiger partial charge in [0.1, 0.15) is 5.75 Å². The minimum absolute atomic E-state index is 0.0253. The van der Waals surface area contributed by atoms with E-state index in [0.29, 0.717) is 5.88 Å². The second kappa shape index (κ2) is 8.05. The van der Waals surface area contributed by atoms with E-state index >= 15 is 0 Å². The van der Waals surface area contributed by atoms with E-state index in [-0.39, 0.29) is 5.54 Å². The third-order valence-corrected chi connectivity index (χ3v) is 5.06. The van der Waals surface area contributed by atoms with Gasteiger partial charge in [-0.15, -0.1) is 0 Å². The number of pyridine rings is 1. The van der Waals surface area contributed by atoms with Gasteiger partial charge in [0, 0.05) is 41.7 Å². The van der Waals surface area contributed by atoms with Gasteiger partial charge in [0.25, 0.3) is 0 Å². The fourth-order valence-electron chi connectivity index (χ4n) is 3.74. The van der Waals surface area contributed by atoms with Crippen molar-refractivity contribution < 1.29 is 9.47 Å². The molecule has 2 aromatic rings. The topological polar surface area (TPSA) is 47.0 Å². The summed E-state index contributed by atoms with van der Waals surface area (Å²) >= 11 is 0. The van der Waals surface area contributed by atoms with Crippen LogP contribution in [0, 0.1) is 0 Å². The van der Waals surface area contributed by atoms with Gasteiger partial charge in [-0.05, 0) is 44.9 Å². The van der Waals surface area contributed by atoms with Crippen LogP contribution in [0.5, 0.6) is 11.6 Å². The van der Waals surface area contributed by atoms with Crippen LogP contribution in [0.1, 0.15) is 45.2 Å². The molecule has 148 valence electrons. The summed E-state index contributed by atoms with van der Waals surface area (Å²) in [5, 5.41) is 0. The lowest BCUT2D eigenvalue weighted by Gasteiger charge is -2.43. The minimum Gasteiger partial charge on any atom is -0.496 e. The smallest absolute Gasteiger partial charge is 0.213 e. The van der Waals surface area contributed by atoms with Crippen molar-refractivity contribution in [2.45, 2.75) is 39.7 Å². The van der Waals surface area contributed by atoms with Crippen molar-refractivity contribution in [2.24, 2.45) is 4.99 Å².